The quantitative estimate of drug-likeness (QED) is 0.865. The molecule has 17 heavy (non-hydrogen) atoms. The van der Waals surface area contributed by atoms with E-state index in [0.29, 0.717) is 5.75 Å². The van der Waals surface area contributed by atoms with Crippen LogP contribution in [0.3, 0.4) is 0 Å². The lowest BCUT2D eigenvalue weighted by Crippen LogP contribution is -1.89. The molecule has 1 aromatic carbocycles. The average molecular weight is 269 g/mol. The van der Waals surface area contributed by atoms with Gasteiger partial charge in [0.1, 0.15) is 15.7 Å². The lowest BCUT2D eigenvalue weighted by molar-refractivity contribution is 0.0702. The van der Waals surface area contributed by atoms with Crippen LogP contribution in [0, 0.1) is 5.82 Å². The highest BCUT2D eigenvalue weighted by Crippen LogP contribution is 2.25. The largest absolute Gasteiger partial charge is 0.477 e. The van der Waals surface area contributed by atoms with Gasteiger partial charge in [0, 0.05) is 4.90 Å². The van der Waals surface area contributed by atoms with Crippen LogP contribution in [0.25, 0.3) is 0 Å². The van der Waals surface area contributed by atoms with Crippen molar-refractivity contribution < 1.29 is 14.3 Å². The summed E-state index contributed by atoms with van der Waals surface area (Å²) in [7, 11) is 0. The summed E-state index contributed by atoms with van der Waals surface area (Å²) >= 11 is 2.65. The van der Waals surface area contributed by atoms with Crippen LogP contribution in [0.1, 0.15) is 14.7 Å². The van der Waals surface area contributed by atoms with Crippen LogP contribution in [-0.2, 0) is 5.75 Å². The Morgan fingerprint density at radius 2 is 2.12 bits per heavy atom. The van der Waals surface area contributed by atoms with Crippen molar-refractivity contribution in [3.8, 4) is 0 Å². The number of carbonyl (C=O) groups is 1. The smallest absolute Gasteiger partial charge is 0.347 e. The monoisotopic (exact) mass is 269 g/mol. The summed E-state index contributed by atoms with van der Waals surface area (Å²) in [4.78, 5) is 15.8. The van der Waals surface area contributed by atoms with Crippen molar-refractivity contribution >= 4 is 29.1 Å². The van der Waals surface area contributed by atoms with Crippen molar-refractivity contribution in [1.29, 1.82) is 0 Å². The molecule has 0 amide bonds. The molecule has 0 bridgehead atoms. The van der Waals surface area contributed by atoms with Crippen LogP contribution in [0.5, 0.6) is 0 Å². The van der Waals surface area contributed by atoms with Crippen LogP contribution in [0.15, 0.2) is 35.4 Å². The Morgan fingerprint density at radius 3 is 2.71 bits per heavy atom. The third-order valence-corrected chi connectivity index (χ3v) is 4.13. The molecule has 1 heterocycles. The Bertz CT molecular complexity index is 525. The number of thioether (sulfide) groups is 1. The van der Waals surface area contributed by atoms with E-state index in [1.54, 1.807) is 12.1 Å². The van der Waals surface area contributed by atoms with Crippen molar-refractivity contribution in [3.05, 3.63) is 46.2 Å². The van der Waals surface area contributed by atoms with Gasteiger partial charge in [0.05, 0.1) is 11.9 Å². The van der Waals surface area contributed by atoms with Crippen LogP contribution in [-0.4, -0.2) is 16.1 Å². The van der Waals surface area contributed by atoms with Crippen molar-refractivity contribution in [2.45, 2.75) is 10.6 Å². The lowest BCUT2D eigenvalue weighted by Gasteiger charge is -1.98. The Balaban J connectivity index is 1.97. The number of carboxylic acid groups (broad SMARTS) is 1. The number of halogens is 1. The van der Waals surface area contributed by atoms with Crippen molar-refractivity contribution in [2.24, 2.45) is 0 Å². The molecule has 0 fully saturated rings. The molecule has 3 nitrogen and oxygen atoms in total. The van der Waals surface area contributed by atoms with E-state index in [0.717, 1.165) is 21.2 Å². The number of hydrogen-bond acceptors (Lipinski definition) is 4. The lowest BCUT2D eigenvalue weighted by atomic mass is 10.4. The number of rotatable bonds is 4. The average Bonchev–Trinajstić information content (AvgIpc) is 2.77. The fraction of sp³-hybridized carbons (Fsp3) is 0.0909. The van der Waals surface area contributed by atoms with Gasteiger partial charge in [-0.15, -0.1) is 23.1 Å². The Labute approximate surface area is 105 Å². The number of hydrogen-bond donors (Lipinski definition) is 1. The Hall–Kier alpha value is -1.40. The molecule has 0 aliphatic carbocycles. The minimum atomic E-state index is -0.958. The third-order valence-electron chi connectivity index (χ3n) is 1.94. The zero-order chi connectivity index (χ0) is 12.3. The predicted octanol–water partition coefficient (Wildman–Crippen LogP) is 3.27. The number of nitrogens with zero attached hydrogens (tertiary/aromatic N) is 1. The number of aromatic carboxylic acids is 1. The fourth-order valence-electron chi connectivity index (χ4n) is 1.15. The molecule has 0 aliphatic rings. The summed E-state index contributed by atoms with van der Waals surface area (Å²) < 4.78 is 12.7. The van der Waals surface area contributed by atoms with Gasteiger partial charge >= 0.3 is 5.97 Å². The molecule has 0 aliphatic heterocycles. The van der Waals surface area contributed by atoms with Gasteiger partial charge in [0.25, 0.3) is 0 Å². The topological polar surface area (TPSA) is 50.2 Å². The van der Waals surface area contributed by atoms with E-state index in [2.05, 4.69) is 4.98 Å². The second kappa shape index (κ2) is 5.29. The van der Waals surface area contributed by atoms with Crippen LogP contribution in [0.2, 0.25) is 0 Å². The Kier molecular flexibility index (Phi) is 3.75. The molecule has 0 saturated heterocycles. The van der Waals surface area contributed by atoms with Crippen LogP contribution < -0.4 is 0 Å². The van der Waals surface area contributed by atoms with Gasteiger partial charge in [-0.25, -0.2) is 14.2 Å². The molecule has 1 aromatic heterocycles. The maximum absolute atomic E-state index is 12.7. The fourth-order valence-corrected chi connectivity index (χ4v) is 2.81. The summed E-state index contributed by atoms with van der Waals surface area (Å²) in [5.41, 5.74) is 0. The molecule has 0 unspecified atom stereocenters. The van der Waals surface area contributed by atoms with Gasteiger partial charge in [0.15, 0.2) is 0 Å². The maximum Gasteiger partial charge on any atom is 0.347 e. The molecule has 0 saturated carbocycles. The molecule has 0 atom stereocenters. The third kappa shape index (κ3) is 3.28. The van der Waals surface area contributed by atoms with E-state index in [1.807, 2.05) is 0 Å². The summed E-state index contributed by atoms with van der Waals surface area (Å²) in [5, 5.41) is 9.48. The molecular formula is C11H8FNO2S2. The molecule has 88 valence electrons. The maximum atomic E-state index is 12.7. The normalized spacial score (nSPS) is 10.4. The molecule has 1 N–H and O–H groups in total. The second-order valence-corrected chi connectivity index (χ2v) is 5.33. The van der Waals surface area contributed by atoms with E-state index < -0.39 is 5.97 Å². The minimum absolute atomic E-state index is 0.236. The van der Waals surface area contributed by atoms with E-state index in [-0.39, 0.29) is 10.7 Å². The predicted molar refractivity (Wildman–Crippen MR) is 65.0 cm³/mol. The van der Waals surface area contributed by atoms with E-state index >= 15 is 0 Å². The van der Waals surface area contributed by atoms with E-state index in [4.69, 9.17) is 5.11 Å². The van der Waals surface area contributed by atoms with Gasteiger partial charge in [-0.1, -0.05) is 0 Å². The highest BCUT2D eigenvalue weighted by atomic mass is 32.2. The standard InChI is InChI=1S/C11H8FNO2S2/c12-7-1-3-8(4-2-7)16-6-10-13-5-9(17-10)11(14)15/h1-5H,6H2,(H,14,15). The Morgan fingerprint density at radius 1 is 1.41 bits per heavy atom. The van der Waals surface area contributed by atoms with Gasteiger partial charge < -0.3 is 5.11 Å². The second-order valence-electron chi connectivity index (χ2n) is 3.17. The molecule has 0 spiro atoms. The van der Waals surface area contributed by atoms with Crippen molar-refractivity contribution in [3.63, 3.8) is 0 Å². The van der Waals surface area contributed by atoms with E-state index in [1.165, 1.54) is 30.1 Å². The van der Waals surface area contributed by atoms with Gasteiger partial charge in [0.2, 0.25) is 0 Å². The zero-order valence-corrected chi connectivity index (χ0v) is 10.2. The first-order valence-corrected chi connectivity index (χ1v) is 6.52. The highest BCUT2D eigenvalue weighted by Gasteiger charge is 2.08. The number of aromatic nitrogens is 1. The summed E-state index contributed by atoms with van der Waals surface area (Å²) in [5.74, 6) is -0.638. The summed E-state index contributed by atoms with van der Waals surface area (Å²) in [6.07, 6.45) is 1.35. The minimum Gasteiger partial charge on any atom is -0.477 e. The first kappa shape index (κ1) is 12.1. The zero-order valence-electron chi connectivity index (χ0n) is 8.59. The SMILES string of the molecule is O=C(O)c1cnc(CSc2ccc(F)cc2)s1. The summed E-state index contributed by atoms with van der Waals surface area (Å²) in [6, 6.07) is 6.16. The van der Waals surface area contributed by atoms with Crippen LogP contribution >= 0.6 is 23.1 Å². The van der Waals surface area contributed by atoms with Crippen molar-refractivity contribution in [1.82, 2.24) is 4.98 Å². The van der Waals surface area contributed by atoms with Gasteiger partial charge in [-0.3, -0.25) is 0 Å². The number of carboxylic acids is 1. The highest BCUT2D eigenvalue weighted by molar-refractivity contribution is 7.98. The molecule has 2 aromatic rings. The molecule has 2 rings (SSSR count). The van der Waals surface area contributed by atoms with Gasteiger partial charge in [-0.05, 0) is 24.3 Å². The molecular weight excluding hydrogens is 261 g/mol. The molecule has 6 heteroatoms. The van der Waals surface area contributed by atoms with Crippen molar-refractivity contribution in [2.75, 3.05) is 0 Å². The first-order valence-electron chi connectivity index (χ1n) is 4.71. The number of thiazole rings is 1. The van der Waals surface area contributed by atoms with Gasteiger partial charge in [-0.2, -0.15) is 0 Å². The first-order chi connectivity index (χ1) is 8.15. The molecule has 0 radical (unpaired) electrons. The van der Waals surface area contributed by atoms with E-state index in [9.17, 15) is 9.18 Å². The summed E-state index contributed by atoms with van der Waals surface area (Å²) in [6.45, 7) is 0. The van der Waals surface area contributed by atoms with Crippen LogP contribution in [0.4, 0.5) is 4.39 Å². The number of benzene rings is 1.